The smallest absolute Gasteiger partial charge is 0.128 e. The second-order valence-corrected chi connectivity index (χ2v) is 6.13. The fourth-order valence-electron chi connectivity index (χ4n) is 2.67. The second kappa shape index (κ2) is 11.7. The maximum Gasteiger partial charge on any atom is 0.128 e. The average molecular weight is 290 g/mol. The van der Waals surface area contributed by atoms with Crippen LogP contribution in [-0.4, -0.2) is 9.97 Å². The molecule has 0 saturated carbocycles. The largest absolute Gasteiger partial charge is 0.241 e. The van der Waals surface area contributed by atoms with E-state index in [1.807, 2.05) is 0 Å². The van der Waals surface area contributed by atoms with Gasteiger partial charge in [-0.1, -0.05) is 59.3 Å². The molecule has 0 atom stereocenters. The Hall–Kier alpha value is -0.920. The van der Waals surface area contributed by atoms with Gasteiger partial charge in [-0.2, -0.15) is 0 Å². The molecule has 0 aliphatic heterocycles. The third kappa shape index (κ3) is 7.59. The van der Waals surface area contributed by atoms with Gasteiger partial charge in [0.1, 0.15) is 5.82 Å². The first-order chi connectivity index (χ1) is 10.3. The van der Waals surface area contributed by atoms with Crippen LogP contribution in [0.5, 0.6) is 0 Å². The first-order valence-electron chi connectivity index (χ1n) is 9.15. The number of nitrogens with zero attached hydrogens (tertiary/aromatic N) is 2. The van der Waals surface area contributed by atoms with Gasteiger partial charge in [0, 0.05) is 18.3 Å². The van der Waals surface area contributed by atoms with Crippen LogP contribution in [0.4, 0.5) is 0 Å². The van der Waals surface area contributed by atoms with Crippen molar-refractivity contribution in [2.45, 2.75) is 97.8 Å². The highest BCUT2D eigenvalue weighted by atomic mass is 14.9. The Balaban J connectivity index is 2.65. The number of aromatic nitrogens is 2. The summed E-state index contributed by atoms with van der Waals surface area (Å²) in [6.45, 7) is 6.77. The van der Waals surface area contributed by atoms with Crippen LogP contribution in [0.2, 0.25) is 0 Å². The molecule has 0 bridgehead atoms. The zero-order valence-electron chi connectivity index (χ0n) is 14.5. The lowest BCUT2D eigenvalue weighted by Crippen LogP contribution is -2.05. The zero-order chi connectivity index (χ0) is 15.3. The number of rotatable bonds is 12. The lowest BCUT2D eigenvalue weighted by atomic mass is 10.0. The average Bonchev–Trinajstić information content (AvgIpc) is 2.50. The van der Waals surface area contributed by atoms with E-state index in [0.29, 0.717) is 0 Å². The van der Waals surface area contributed by atoms with E-state index in [2.05, 4.69) is 32.0 Å². The predicted molar refractivity (Wildman–Crippen MR) is 91.7 cm³/mol. The summed E-state index contributed by atoms with van der Waals surface area (Å²) >= 11 is 0. The van der Waals surface area contributed by atoms with Crippen LogP contribution in [0.3, 0.4) is 0 Å². The molecule has 0 N–H and O–H groups in total. The Morgan fingerprint density at radius 1 is 0.714 bits per heavy atom. The van der Waals surface area contributed by atoms with Gasteiger partial charge in [-0.05, 0) is 37.7 Å². The highest BCUT2D eigenvalue weighted by Crippen LogP contribution is 2.15. The lowest BCUT2D eigenvalue weighted by molar-refractivity contribution is 0.658. The molecule has 0 saturated heterocycles. The Morgan fingerprint density at radius 2 is 1.29 bits per heavy atom. The van der Waals surface area contributed by atoms with E-state index < -0.39 is 0 Å². The Labute approximate surface area is 131 Å². The second-order valence-electron chi connectivity index (χ2n) is 6.13. The summed E-state index contributed by atoms with van der Waals surface area (Å²) in [4.78, 5) is 9.49. The molecule has 0 unspecified atom stereocenters. The van der Waals surface area contributed by atoms with Gasteiger partial charge >= 0.3 is 0 Å². The minimum atomic E-state index is 1.05. The first kappa shape index (κ1) is 18.1. The van der Waals surface area contributed by atoms with E-state index in [9.17, 15) is 0 Å². The summed E-state index contributed by atoms with van der Waals surface area (Å²) < 4.78 is 0. The quantitative estimate of drug-likeness (QED) is 0.463. The Morgan fingerprint density at radius 3 is 1.90 bits per heavy atom. The van der Waals surface area contributed by atoms with Crippen molar-refractivity contribution >= 4 is 0 Å². The van der Waals surface area contributed by atoms with Crippen molar-refractivity contribution in [1.82, 2.24) is 9.97 Å². The minimum Gasteiger partial charge on any atom is -0.241 e. The minimum absolute atomic E-state index is 1.05. The van der Waals surface area contributed by atoms with Crippen LogP contribution in [0, 0.1) is 0 Å². The molecular formula is C19H34N2. The monoisotopic (exact) mass is 290 g/mol. The van der Waals surface area contributed by atoms with Gasteiger partial charge in [0.15, 0.2) is 0 Å². The standard InChI is InChI=1S/C19H34N2/c1-4-7-10-13-17-16-20-19(15-12-9-6-3)21-18(17)14-11-8-5-2/h16H,4-15H2,1-3H3. The van der Waals surface area contributed by atoms with Crippen molar-refractivity contribution in [1.29, 1.82) is 0 Å². The third-order valence-corrected chi connectivity index (χ3v) is 4.07. The summed E-state index contributed by atoms with van der Waals surface area (Å²) in [5.74, 6) is 1.06. The summed E-state index contributed by atoms with van der Waals surface area (Å²) in [7, 11) is 0. The van der Waals surface area contributed by atoms with Crippen molar-refractivity contribution in [2.24, 2.45) is 0 Å². The molecule has 0 aliphatic carbocycles. The van der Waals surface area contributed by atoms with E-state index in [4.69, 9.17) is 4.98 Å². The predicted octanol–water partition coefficient (Wildman–Crippen LogP) is 5.67. The van der Waals surface area contributed by atoms with Crippen molar-refractivity contribution in [3.63, 3.8) is 0 Å². The zero-order valence-corrected chi connectivity index (χ0v) is 14.5. The molecule has 120 valence electrons. The Bertz CT molecular complexity index is 374. The number of unbranched alkanes of at least 4 members (excludes halogenated alkanes) is 6. The van der Waals surface area contributed by atoms with E-state index in [1.165, 1.54) is 69.0 Å². The van der Waals surface area contributed by atoms with Crippen molar-refractivity contribution in [3.8, 4) is 0 Å². The highest BCUT2D eigenvalue weighted by Gasteiger charge is 2.07. The van der Waals surface area contributed by atoms with Crippen LogP contribution in [-0.2, 0) is 19.3 Å². The number of hydrogen-bond acceptors (Lipinski definition) is 2. The van der Waals surface area contributed by atoms with Gasteiger partial charge in [-0.15, -0.1) is 0 Å². The third-order valence-electron chi connectivity index (χ3n) is 4.07. The maximum atomic E-state index is 4.88. The fraction of sp³-hybridized carbons (Fsp3) is 0.789. The SMILES string of the molecule is CCCCCc1ncc(CCCCC)c(CCCCC)n1. The molecule has 0 spiro atoms. The van der Waals surface area contributed by atoms with Gasteiger partial charge in [0.05, 0.1) is 0 Å². The lowest BCUT2D eigenvalue weighted by Gasteiger charge is -2.10. The van der Waals surface area contributed by atoms with E-state index in [1.54, 1.807) is 0 Å². The number of hydrogen-bond donors (Lipinski definition) is 0. The topological polar surface area (TPSA) is 25.8 Å². The summed E-state index contributed by atoms with van der Waals surface area (Å²) in [5, 5.41) is 0. The highest BCUT2D eigenvalue weighted by molar-refractivity contribution is 5.18. The first-order valence-corrected chi connectivity index (χ1v) is 9.15. The molecule has 1 rings (SSSR count). The molecule has 21 heavy (non-hydrogen) atoms. The molecular weight excluding hydrogens is 256 g/mol. The normalized spacial score (nSPS) is 11.0. The fourth-order valence-corrected chi connectivity index (χ4v) is 2.67. The summed E-state index contributed by atoms with van der Waals surface area (Å²) in [6.07, 6.45) is 16.9. The Kier molecular flexibility index (Phi) is 10.1. The van der Waals surface area contributed by atoms with Crippen LogP contribution in [0.25, 0.3) is 0 Å². The van der Waals surface area contributed by atoms with E-state index >= 15 is 0 Å². The van der Waals surface area contributed by atoms with E-state index in [-0.39, 0.29) is 0 Å². The van der Waals surface area contributed by atoms with Gasteiger partial charge < -0.3 is 0 Å². The van der Waals surface area contributed by atoms with Crippen LogP contribution in [0.1, 0.15) is 95.6 Å². The molecule has 0 amide bonds. The molecule has 0 aromatic carbocycles. The number of aryl methyl sites for hydroxylation is 3. The van der Waals surface area contributed by atoms with E-state index in [0.717, 1.165) is 25.1 Å². The summed E-state index contributed by atoms with van der Waals surface area (Å²) in [5.41, 5.74) is 2.74. The molecule has 0 fully saturated rings. The summed E-state index contributed by atoms with van der Waals surface area (Å²) in [6, 6.07) is 0. The van der Waals surface area contributed by atoms with Crippen molar-refractivity contribution < 1.29 is 0 Å². The molecule has 1 heterocycles. The maximum absolute atomic E-state index is 4.88. The molecule has 0 aliphatic rings. The molecule has 1 aromatic rings. The molecule has 0 radical (unpaired) electrons. The molecule has 1 aromatic heterocycles. The van der Waals surface area contributed by atoms with Crippen LogP contribution >= 0.6 is 0 Å². The van der Waals surface area contributed by atoms with Crippen LogP contribution in [0.15, 0.2) is 6.20 Å². The van der Waals surface area contributed by atoms with Gasteiger partial charge in [0.2, 0.25) is 0 Å². The molecule has 2 nitrogen and oxygen atoms in total. The van der Waals surface area contributed by atoms with Gasteiger partial charge in [-0.25, -0.2) is 9.97 Å². The van der Waals surface area contributed by atoms with Crippen molar-refractivity contribution in [3.05, 3.63) is 23.3 Å². The molecule has 2 heteroatoms. The van der Waals surface area contributed by atoms with Gasteiger partial charge in [-0.3, -0.25) is 0 Å². The van der Waals surface area contributed by atoms with Gasteiger partial charge in [0.25, 0.3) is 0 Å². The van der Waals surface area contributed by atoms with Crippen molar-refractivity contribution in [2.75, 3.05) is 0 Å². The van der Waals surface area contributed by atoms with Crippen LogP contribution < -0.4 is 0 Å².